The Hall–Kier alpha value is -1.30. The van der Waals surface area contributed by atoms with E-state index >= 15 is 0 Å². The molecule has 0 spiro atoms. The molecule has 2 atom stereocenters. The SMILES string of the molecule is CC(C)(C)OC(=O)N(CC(=O)O)C12CC3CC(CC(O)(C3)C1)C2. The largest absolute Gasteiger partial charge is 0.480 e. The molecule has 1 amide bonds. The fourth-order valence-corrected chi connectivity index (χ4v) is 5.36. The number of carboxylic acids is 1. The summed E-state index contributed by atoms with van der Waals surface area (Å²) in [6, 6.07) is 0. The summed E-state index contributed by atoms with van der Waals surface area (Å²) in [5, 5.41) is 20.1. The third-order valence-electron chi connectivity index (χ3n) is 5.48. The molecule has 0 heterocycles. The minimum atomic E-state index is -1.04. The van der Waals surface area contributed by atoms with Gasteiger partial charge < -0.3 is 14.9 Å². The van der Waals surface area contributed by atoms with E-state index in [2.05, 4.69) is 0 Å². The molecule has 4 fully saturated rings. The predicted molar refractivity (Wildman–Crippen MR) is 82.9 cm³/mol. The molecular formula is C17H27NO5. The van der Waals surface area contributed by atoms with E-state index in [9.17, 15) is 19.8 Å². The van der Waals surface area contributed by atoms with Crippen LogP contribution in [-0.4, -0.2) is 50.5 Å². The number of aliphatic hydroxyl groups is 1. The molecule has 23 heavy (non-hydrogen) atoms. The number of carboxylic acid groups (broad SMARTS) is 1. The van der Waals surface area contributed by atoms with E-state index in [1.54, 1.807) is 20.8 Å². The molecule has 6 heteroatoms. The molecule has 2 unspecified atom stereocenters. The predicted octanol–water partition coefficient (Wildman–Crippen LogP) is 2.39. The number of carbonyl (C=O) groups excluding carboxylic acids is 1. The molecule has 4 aliphatic rings. The van der Waals surface area contributed by atoms with Gasteiger partial charge in [0, 0.05) is 0 Å². The Labute approximate surface area is 136 Å². The second-order valence-electron chi connectivity index (χ2n) is 8.87. The second-order valence-corrected chi connectivity index (χ2v) is 8.87. The van der Waals surface area contributed by atoms with Crippen molar-refractivity contribution in [3.8, 4) is 0 Å². The Morgan fingerprint density at radius 3 is 2.17 bits per heavy atom. The third kappa shape index (κ3) is 3.18. The van der Waals surface area contributed by atoms with Crippen molar-refractivity contribution in [2.24, 2.45) is 11.8 Å². The van der Waals surface area contributed by atoms with Gasteiger partial charge in [0.15, 0.2) is 0 Å². The first kappa shape index (κ1) is 16.6. The zero-order chi connectivity index (χ0) is 17.0. The third-order valence-corrected chi connectivity index (χ3v) is 5.48. The van der Waals surface area contributed by atoms with Gasteiger partial charge in [-0.2, -0.15) is 0 Å². The van der Waals surface area contributed by atoms with Gasteiger partial charge >= 0.3 is 12.1 Å². The van der Waals surface area contributed by atoms with E-state index < -0.39 is 28.8 Å². The average molecular weight is 325 g/mol. The number of nitrogens with zero attached hydrogens (tertiary/aromatic N) is 1. The lowest BCUT2D eigenvalue weighted by Gasteiger charge is -2.62. The van der Waals surface area contributed by atoms with Crippen LogP contribution in [0.15, 0.2) is 0 Å². The average Bonchev–Trinajstić information content (AvgIpc) is 2.30. The Morgan fingerprint density at radius 2 is 1.74 bits per heavy atom. The highest BCUT2D eigenvalue weighted by Gasteiger charge is 2.60. The van der Waals surface area contributed by atoms with Crippen LogP contribution in [0.4, 0.5) is 4.79 Å². The Bertz CT molecular complexity index is 510. The summed E-state index contributed by atoms with van der Waals surface area (Å²) in [5.74, 6) is -0.293. The summed E-state index contributed by atoms with van der Waals surface area (Å²) in [7, 11) is 0. The number of amides is 1. The van der Waals surface area contributed by atoms with Crippen LogP contribution in [0.3, 0.4) is 0 Å². The summed E-state index contributed by atoms with van der Waals surface area (Å²) in [6.45, 7) is 4.95. The maximum atomic E-state index is 12.7. The van der Waals surface area contributed by atoms with Crippen molar-refractivity contribution in [2.45, 2.75) is 76.0 Å². The maximum absolute atomic E-state index is 12.7. The first-order valence-electron chi connectivity index (χ1n) is 8.45. The van der Waals surface area contributed by atoms with Crippen LogP contribution in [0.25, 0.3) is 0 Å². The summed E-state index contributed by atoms with van der Waals surface area (Å²) < 4.78 is 5.47. The van der Waals surface area contributed by atoms with E-state index in [0.717, 1.165) is 32.1 Å². The van der Waals surface area contributed by atoms with Crippen LogP contribution in [0.1, 0.15) is 59.3 Å². The smallest absolute Gasteiger partial charge is 0.411 e. The van der Waals surface area contributed by atoms with E-state index in [4.69, 9.17) is 4.74 Å². The number of carbonyl (C=O) groups is 2. The van der Waals surface area contributed by atoms with Crippen molar-refractivity contribution in [2.75, 3.05) is 6.54 Å². The summed E-state index contributed by atoms with van der Waals surface area (Å²) in [5.41, 5.74) is -1.99. The highest BCUT2D eigenvalue weighted by atomic mass is 16.6. The quantitative estimate of drug-likeness (QED) is 0.832. The minimum Gasteiger partial charge on any atom is -0.480 e. The monoisotopic (exact) mass is 325 g/mol. The van der Waals surface area contributed by atoms with Crippen LogP contribution < -0.4 is 0 Å². The van der Waals surface area contributed by atoms with Gasteiger partial charge in [-0.05, 0) is 71.1 Å². The summed E-state index contributed by atoms with van der Waals surface area (Å²) in [6.07, 6.45) is 4.08. The highest BCUT2D eigenvalue weighted by Crippen LogP contribution is 2.59. The minimum absolute atomic E-state index is 0.371. The number of hydrogen-bond donors (Lipinski definition) is 2. The molecular weight excluding hydrogens is 298 g/mol. The zero-order valence-corrected chi connectivity index (χ0v) is 14.2. The molecule has 4 bridgehead atoms. The lowest BCUT2D eigenvalue weighted by atomic mass is 9.50. The molecule has 4 aliphatic carbocycles. The lowest BCUT2D eigenvalue weighted by molar-refractivity contribution is -0.176. The fraction of sp³-hybridized carbons (Fsp3) is 0.882. The van der Waals surface area contributed by atoms with E-state index in [0.29, 0.717) is 18.3 Å². The molecule has 6 nitrogen and oxygen atoms in total. The van der Waals surface area contributed by atoms with E-state index in [1.807, 2.05) is 0 Å². The van der Waals surface area contributed by atoms with Gasteiger partial charge in [-0.3, -0.25) is 9.69 Å². The lowest BCUT2D eigenvalue weighted by Crippen LogP contribution is -2.67. The van der Waals surface area contributed by atoms with Gasteiger partial charge in [0.25, 0.3) is 0 Å². The molecule has 0 aliphatic heterocycles. The zero-order valence-electron chi connectivity index (χ0n) is 14.2. The van der Waals surface area contributed by atoms with Gasteiger partial charge in [0.2, 0.25) is 0 Å². The molecule has 0 saturated heterocycles. The molecule has 130 valence electrons. The normalized spacial score (nSPS) is 38.4. The molecule has 0 aromatic rings. The van der Waals surface area contributed by atoms with Crippen LogP contribution in [0.2, 0.25) is 0 Å². The van der Waals surface area contributed by atoms with E-state index in [-0.39, 0.29) is 6.54 Å². The van der Waals surface area contributed by atoms with Crippen LogP contribution >= 0.6 is 0 Å². The van der Waals surface area contributed by atoms with Crippen molar-refractivity contribution in [1.82, 2.24) is 4.90 Å². The van der Waals surface area contributed by atoms with Crippen LogP contribution in [-0.2, 0) is 9.53 Å². The number of rotatable bonds is 3. The number of aliphatic carboxylic acids is 1. The van der Waals surface area contributed by atoms with Gasteiger partial charge in [0.05, 0.1) is 11.1 Å². The summed E-state index contributed by atoms with van der Waals surface area (Å²) >= 11 is 0. The van der Waals surface area contributed by atoms with Crippen molar-refractivity contribution < 1.29 is 24.5 Å². The molecule has 4 saturated carbocycles. The standard InChI is InChI=1S/C17H27NO5/c1-15(2,3)23-14(21)18(9-13(19)20)16-5-11-4-12(6-16)8-17(22,7-11)10-16/h11-12,22H,4-10H2,1-3H3,(H,19,20). The van der Waals surface area contributed by atoms with Gasteiger partial charge in [-0.1, -0.05) is 0 Å². The first-order chi connectivity index (χ1) is 10.5. The fourth-order valence-electron chi connectivity index (χ4n) is 5.36. The van der Waals surface area contributed by atoms with Crippen LogP contribution in [0, 0.1) is 11.8 Å². The van der Waals surface area contributed by atoms with Crippen molar-refractivity contribution >= 4 is 12.1 Å². The highest BCUT2D eigenvalue weighted by molar-refractivity contribution is 5.77. The van der Waals surface area contributed by atoms with Gasteiger partial charge in [-0.25, -0.2) is 4.79 Å². The number of hydrogen-bond acceptors (Lipinski definition) is 4. The second kappa shape index (κ2) is 5.10. The molecule has 4 rings (SSSR count). The van der Waals surface area contributed by atoms with Gasteiger partial charge in [0.1, 0.15) is 12.1 Å². The van der Waals surface area contributed by atoms with Crippen LogP contribution in [0.5, 0.6) is 0 Å². The number of ether oxygens (including phenoxy) is 1. The maximum Gasteiger partial charge on any atom is 0.411 e. The Kier molecular flexibility index (Phi) is 3.67. The Morgan fingerprint density at radius 1 is 1.17 bits per heavy atom. The van der Waals surface area contributed by atoms with Crippen molar-refractivity contribution in [1.29, 1.82) is 0 Å². The topological polar surface area (TPSA) is 87.1 Å². The molecule has 0 aromatic carbocycles. The Balaban J connectivity index is 1.90. The molecule has 2 N–H and O–H groups in total. The van der Waals surface area contributed by atoms with Crippen molar-refractivity contribution in [3.05, 3.63) is 0 Å². The van der Waals surface area contributed by atoms with E-state index in [1.165, 1.54) is 4.90 Å². The molecule has 0 radical (unpaired) electrons. The molecule has 0 aromatic heterocycles. The summed E-state index contributed by atoms with van der Waals surface area (Å²) in [4.78, 5) is 25.4. The van der Waals surface area contributed by atoms with Gasteiger partial charge in [-0.15, -0.1) is 0 Å². The first-order valence-corrected chi connectivity index (χ1v) is 8.45. The van der Waals surface area contributed by atoms with Crippen molar-refractivity contribution in [3.63, 3.8) is 0 Å².